The fourth-order valence-corrected chi connectivity index (χ4v) is 1.65. The van der Waals surface area contributed by atoms with Gasteiger partial charge in [0.25, 0.3) is 0 Å². The third-order valence-corrected chi connectivity index (χ3v) is 2.59. The predicted molar refractivity (Wildman–Crippen MR) is 67.3 cm³/mol. The summed E-state index contributed by atoms with van der Waals surface area (Å²) in [6, 6.07) is 7.23. The Morgan fingerprint density at radius 2 is 1.70 bits per heavy atom. The third kappa shape index (κ3) is 2.67. The molecule has 102 valence electrons. The van der Waals surface area contributed by atoms with Crippen molar-refractivity contribution in [3.8, 4) is 11.8 Å². The zero-order chi connectivity index (χ0) is 14.7. The van der Waals surface area contributed by atoms with Gasteiger partial charge in [-0.15, -0.1) is 0 Å². The van der Waals surface area contributed by atoms with E-state index in [0.29, 0.717) is 0 Å². The second-order valence-corrected chi connectivity index (χ2v) is 3.90. The summed E-state index contributed by atoms with van der Waals surface area (Å²) in [5.74, 6) is -2.50. The van der Waals surface area contributed by atoms with E-state index in [2.05, 4.69) is 5.32 Å². The van der Waals surface area contributed by atoms with Crippen molar-refractivity contribution in [1.82, 2.24) is 0 Å². The van der Waals surface area contributed by atoms with E-state index in [1.165, 1.54) is 19.2 Å². The lowest BCUT2D eigenvalue weighted by Gasteiger charge is -2.10. The molecule has 0 unspecified atom stereocenters. The highest BCUT2D eigenvalue weighted by Gasteiger charge is 2.12. The van der Waals surface area contributed by atoms with E-state index in [1.807, 2.05) is 0 Å². The average molecular weight is 278 g/mol. The van der Waals surface area contributed by atoms with Crippen molar-refractivity contribution < 1.29 is 17.9 Å². The number of benzene rings is 2. The number of methoxy groups -OCH3 is 1. The number of anilines is 2. The smallest absolute Gasteiger partial charge is 0.167 e. The van der Waals surface area contributed by atoms with Crippen LogP contribution in [0.3, 0.4) is 0 Å². The summed E-state index contributed by atoms with van der Waals surface area (Å²) in [6.07, 6.45) is 0. The number of nitrogens with one attached hydrogen (secondary N) is 1. The Morgan fingerprint density at radius 1 is 1.05 bits per heavy atom. The summed E-state index contributed by atoms with van der Waals surface area (Å²) in [6.45, 7) is 0. The minimum Gasteiger partial charge on any atom is -0.494 e. The van der Waals surface area contributed by atoms with Gasteiger partial charge in [0, 0.05) is 11.8 Å². The molecular weight excluding hydrogens is 269 g/mol. The molecule has 0 amide bonds. The highest BCUT2D eigenvalue weighted by atomic mass is 19.1. The van der Waals surface area contributed by atoms with Gasteiger partial charge in [-0.1, -0.05) is 0 Å². The first kappa shape index (κ1) is 13.7. The van der Waals surface area contributed by atoms with Crippen molar-refractivity contribution >= 4 is 11.4 Å². The summed E-state index contributed by atoms with van der Waals surface area (Å²) in [4.78, 5) is 0. The summed E-state index contributed by atoms with van der Waals surface area (Å²) in [7, 11) is 1.31. The van der Waals surface area contributed by atoms with Crippen LogP contribution in [0.2, 0.25) is 0 Å². The largest absolute Gasteiger partial charge is 0.494 e. The molecule has 0 heterocycles. The Morgan fingerprint density at radius 3 is 2.20 bits per heavy atom. The number of rotatable bonds is 3. The van der Waals surface area contributed by atoms with E-state index in [-0.39, 0.29) is 17.0 Å². The lowest BCUT2D eigenvalue weighted by Crippen LogP contribution is -1.99. The van der Waals surface area contributed by atoms with Crippen LogP contribution in [-0.2, 0) is 0 Å². The summed E-state index contributed by atoms with van der Waals surface area (Å²) < 4.78 is 45.5. The summed E-state index contributed by atoms with van der Waals surface area (Å²) >= 11 is 0. The average Bonchev–Trinajstić information content (AvgIpc) is 2.42. The van der Waals surface area contributed by atoms with Crippen LogP contribution in [0, 0.1) is 28.8 Å². The molecule has 0 saturated heterocycles. The van der Waals surface area contributed by atoms with Gasteiger partial charge in [-0.25, -0.2) is 13.2 Å². The van der Waals surface area contributed by atoms with Crippen LogP contribution in [-0.4, -0.2) is 7.11 Å². The molecule has 0 spiro atoms. The van der Waals surface area contributed by atoms with Gasteiger partial charge in [-0.2, -0.15) is 5.26 Å². The molecule has 0 aliphatic carbocycles. The number of hydrogen-bond donors (Lipinski definition) is 1. The maximum atomic E-state index is 13.7. The first-order valence-electron chi connectivity index (χ1n) is 5.55. The molecule has 2 aromatic rings. The summed E-state index contributed by atoms with van der Waals surface area (Å²) in [5, 5.41) is 11.0. The fourth-order valence-electron chi connectivity index (χ4n) is 1.65. The molecule has 6 heteroatoms. The van der Waals surface area contributed by atoms with E-state index in [4.69, 9.17) is 10.00 Å². The minimum atomic E-state index is -0.933. The highest BCUT2D eigenvalue weighted by Crippen LogP contribution is 2.27. The standard InChI is InChI=1S/C14H9F3N2O/c1-20-13-3-2-9(6-10(13)15)19-14-11(16)4-8(7-18)5-12(14)17/h2-6,19H,1H3. The van der Waals surface area contributed by atoms with Gasteiger partial charge in [0.05, 0.1) is 18.7 Å². The van der Waals surface area contributed by atoms with E-state index >= 15 is 0 Å². The number of hydrogen-bond acceptors (Lipinski definition) is 3. The first-order valence-corrected chi connectivity index (χ1v) is 5.55. The lowest BCUT2D eigenvalue weighted by molar-refractivity contribution is 0.386. The molecule has 0 aromatic heterocycles. The van der Waals surface area contributed by atoms with Crippen molar-refractivity contribution in [3.05, 3.63) is 53.3 Å². The normalized spacial score (nSPS) is 9.95. The number of ether oxygens (including phenoxy) is 1. The monoisotopic (exact) mass is 278 g/mol. The minimum absolute atomic E-state index is 0.0244. The molecule has 2 rings (SSSR count). The molecule has 2 aromatic carbocycles. The van der Waals surface area contributed by atoms with Crippen molar-refractivity contribution in [2.45, 2.75) is 0 Å². The second-order valence-electron chi connectivity index (χ2n) is 3.90. The fraction of sp³-hybridized carbons (Fsp3) is 0.0714. The van der Waals surface area contributed by atoms with Gasteiger partial charge in [-0.3, -0.25) is 0 Å². The number of nitriles is 1. The molecule has 0 radical (unpaired) electrons. The Labute approximate surface area is 113 Å². The van der Waals surface area contributed by atoms with Gasteiger partial charge < -0.3 is 10.1 Å². The Kier molecular flexibility index (Phi) is 3.80. The predicted octanol–water partition coefficient (Wildman–Crippen LogP) is 3.73. The topological polar surface area (TPSA) is 45.0 Å². The molecule has 20 heavy (non-hydrogen) atoms. The molecular formula is C14H9F3N2O. The zero-order valence-electron chi connectivity index (χ0n) is 10.4. The zero-order valence-corrected chi connectivity index (χ0v) is 10.4. The SMILES string of the molecule is COc1ccc(Nc2c(F)cc(C#N)cc2F)cc1F. The molecule has 0 aliphatic rings. The van der Waals surface area contributed by atoms with Crippen LogP contribution in [0.15, 0.2) is 30.3 Å². The molecule has 0 bridgehead atoms. The molecule has 0 atom stereocenters. The lowest BCUT2D eigenvalue weighted by atomic mass is 10.2. The van der Waals surface area contributed by atoms with Crippen LogP contribution in [0.4, 0.5) is 24.5 Å². The van der Waals surface area contributed by atoms with Gasteiger partial charge in [0.15, 0.2) is 23.2 Å². The quantitative estimate of drug-likeness (QED) is 0.930. The van der Waals surface area contributed by atoms with Crippen molar-refractivity contribution in [1.29, 1.82) is 5.26 Å². The van der Waals surface area contributed by atoms with Crippen molar-refractivity contribution in [2.24, 2.45) is 0 Å². The van der Waals surface area contributed by atoms with E-state index in [9.17, 15) is 13.2 Å². The molecule has 0 saturated carbocycles. The third-order valence-electron chi connectivity index (χ3n) is 2.59. The van der Waals surface area contributed by atoms with E-state index in [0.717, 1.165) is 18.2 Å². The van der Waals surface area contributed by atoms with E-state index < -0.39 is 23.1 Å². The number of halogens is 3. The second kappa shape index (κ2) is 5.53. The van der Waals surface area contributed by atoms with Crippen LogP contribution in [0.5, 0.6) is 5.75 Å². The van der Waals surface area contributed by atoms with Crippen LogP contribution >= 0.6 is 0 Å². The highest BCUT2D eigenvalue weighted by molar-refractivity contribution is 5.62. The maximum Gasteiger partial charge on any atom is 0.167 e. The Hall–Kier alpha value is -2.68. The first-order chi connectivity index (χ1) is 9.55. The molecule has 0 fully saturated rings. The van der Waals surface area contributed by atoms with Gasteiger partial charge in [0.1, 0.15) is 5.69 Å². The Bertz CT molecular complexity index is 672. The summed E-state index contributed by atoms with van der Waals surface area (Å²) in [5.41, 5.74) is -0.425. The van der Waals surface area contributed by atoms with Crippen molar-refractivity contribution in [2.75, 3.05) is 12.4 Å². The van der Waals surface area contributed by atoms with Crippen LogP contribution < -0.4 is 10.1 Å². The number of nitrogens with zero attached hydrogens (tertiary/aromatic N) is 1. The van der Waals surface area contributed by atoms with Crippen LogP contribution in [0.1, 0.15) is 5.56 Å². The Balaban J connectivity index is 2.35. The van der Waals surface area contributed by atoms with Gasteiger partial charge in [-0.05, 0) is 24.3 Å². The molecule has 0 aliphatic heterocycles. The van der Waals surface area contributed by atoms with E-state index in [1.54, 1.807) is 6.07 Å². The van der Waals surface area contributed by atoms with Crippen LogP contribution in [0.25, 0.3) is 0 Å². The van der Waals surface area contributed by atoms with Gasteiger partial charge >= 0.3 is 0 Å². The van der Waals surface area contributed by atoms with Crippen molar-refractivity contribution in [3.63, 3.8) is 0 Å². The molecule has 3 nitrogen and oxygen atoms in total. The molecule has 1 N–H and O–H groups in total. The van der Waals surface area contributed by atoms with Gasteiger partial charge in [0.2, 0.25) is 0 Å². The maximum absolute atomic E-state index is 13.7.